The van der Waals surface area contributed by atoms with Crippen molar-refractivity contribution in [3.8, 4) is 0 Å². The molecule has 0 amide bonds. The minimum Gasteiger partial charge on any atom is -0.388 e. The molecule has 15 atom stereocenters. The van der Waals surface area contributed by atoms with Crippen molar-refractivity contribution in [1.82, 2.24) is 0 Å². The van der Waals surface area contributed by atoms with Gasteiger partial charge in [0, 0.05) is 35.5 Å². The van der Waals surface area contributed by atoms with E-state index in [0.29, 0.717) is 0 Å². The fourth-order valence-corrected chi connectivity index (χ4v) is 5.13. The monoisotopic (exact) mass is 526 g/mol. The molecule has 3 N–H and O–H groups in total. The first-order chi connectivity index (χ1) is 17.1. The molecule has 13 nitrogen and oxygen atoms in total. The van der Waals surface area contributed by atoms with Crippen LogP contribution >= 0.6 is 0 Å². The molecule has 3 heterocycles. The van der Waals surface area contributed by atoms with Crippen LogP contribution < -0.4 is 0 Å². The van der Waals surface area contributed by atoms with Crippen molar-refractivity contribution < 1.29 is 62.7 Å². The van der Waals surface area contributed by atoms with Crippen molar-refractivity contribution in [1.29, 1.82) is 0 Å². The summed E-state index contributed by atoms with van der Waals surface area (Å²) in [6.07, 6.45) is -12.8. The average Bonchev–Trinajstić information content (AvgIpc) is 2.85. The maximum atomic E-state index is 10.8. The molecule has 0 aliphatic carbocycles. The summed E-state index contributed by atoms with van der Waals surface area (Å²) >= 11 is 0. The molecule has 36 heavy (non-hydrogen) atoms. The minimum absolute atomic E-state index is 0.602. The van der Waals surface area contributed by atoms with E-state index in [1.165, 1.54) is 35.5 Å². The summed E-state index contributed by atoms with van der Waals surface area (Å²) in [7, 11) is 7.28. The summed E-state index contributed by atoms with van der Waals surface area (Å²) in [6.45, 7) is 5.11. The predicted molar refractivity (Wildman–Crippen MR) is 121 cm³/mol. The van der Waals surface area contributed by atoms with Crippen molar-refractivity contribution in [2.75, 3.05) is 35.5 Å². The van der Waals surface area contributed by atoms with Crippen LogP contribution in [0.2, 0.25) is 0 Å². The molecule has 13 heteroatoms. The SMILES string of the molecule is CO[C@@H]1[C@@H](O[C@@H]2O[C@@H](C)[C@H](O)[C@@H](OC)[C@H]2O[C@@H]2O[C@@H](C)[C@H](O)[C@@H](OC)[C@H]2OC)[C@H](C)O[C@@H](O)[C@@H]1OC. The molecule has 0 saturated carbocycles. The van der Waals surface area contributed by atoms with E-state index < -0.39 is 92.1 Å². The lowest BCUT2D eigenvalue weighted by Crippen LogP contribution is -2.66. The second-order valence-corrected chi connectivity index (χ2v) is 9.34. The zero-order valence-electron chi connectivity index (χ0n) is 22.1. The number of hydrogen-bond donors (Lipinski definition) is 3. The Morgan fingerprint density at radius 3 is 1.33 bits per heavy atom. The van der Waals surface area contributed by atoms with Crippen molar-refractivity contribution in [3.63, 3.8) is 0 Å². The van der Waals surface area contributed by atoms with E-state index in [-0.39, 0.29) is 0 Å². The lowest BCUT2D eigenvalue weighted by molar-refractivity contribution is -0.385. The van der Waals surface area contributed by atoms with Crippen LogP contribution in [0.3, 0.4) is 0 Å². The zero-order chi connectivity index (χ0) is 26.7. The number of ether oxygens (including phenoxy) is 10. The normalized spacial score (nSPS) is 50.2. The van der Waals surface area contributed by atoms with E-state index in [2.05, 4.69) is 0 Å². The van der Waals surface area contributed by atoms with Gasteiger partial charge in [0.25, 0.3) is 0 Å². The van der Waals surface area contributed by atoms with Gasteiger partial charge in [0.1, 0.15) is 54.9 Å². The van der Waals surface area contributed by atoms with Crippen LogP contribution in [0, 0.1) is 0 Å². The van der Waals surface area contributed by atoms with Gasteiger partial charge in [-0.2, -0.15) is 0 Å². The molecule has 3 fully saturated rings. The number of aliphatic hydroxyl groups excluding tert-OH is 3. The second-order valence-electron chi connectivity index (χ2n) is 9.34. The number of methoxy groups -OCH3 is 5. The van der Waals surface area contributed by atoms with Gasteiger partial charge in [0.2, 0.25) is 0 Å². The summed E-state index contributed by atoms with van der Waals surface area (Å²) in [4.78, 5) is 0. The third-order valence-electron chi connectivity index (χ3n) is 7.21. The smallest absolute Gasteiger partial charge is 0.187 e. The fourth-order valence-electron chi connectivity index (χ4n) is 5.13. The van der Waals surface area contributed by atoms with Gasteiger partial charge in [-0.05, 0) is 20.8 Å². The van der Waals surface area contributed by atoms with E-state index in [1.807, 2.05) is 0 Å². The van der Waals surface area contributed by atoms with Crippen LogP contribution in [0.5, 0.6) is 0 Å². The quantitative estimate of drug-likeness (QED) is 0.329. The third kappa shape index (κ3) is 5.88. The van der Waals surface area contributed by atoms with Gasteiger partial charge in [-0.15, -0.1) is 0 Å². The number of rotatable bonds is 9. The molecule has 0 radical (unpaired) electrons. The van der Waals surface area contributed by atoms with Gasteiger partial charge in [0.15, 0.2) is 18.9 Å². The average molecular weight is 527 g/mol. The summed E-state index contributed by atoms with van der Waals surface area (Å²) in [5.41, 5.74) is 0. The molecule has 3 rings (SSSR count). The summed E-state index contributed by atoms with van der Waals surface area (Å²) in [6, 6.07) is 0. The van der Waals surface area contributed by atoms with E-state index >= 15 is 0 Å². The molecule has 0 aromatic heterocycles. The van der Waals surface area contributed by atoms with Gasteiger partial charge in [-0.3, -0.25) is 0 Å². The summed E-state index contributed by atoms with van der Waals surface area (Å²) in [5, 5.41) is 31.6. The predicted octanol–water partition coefficient (Wildman–Crippen LogP) is -1.22. The maximum Gasteiger partial charge on any atom is 0.187 e. The molecule has 0 aromatic rings. The Labute approximate surface area is 211 Å². The van der Waals surface area contributed by atoms with E-state index in [0.717, 1.165) is 0 Å². The maximum absolute atomic E-state index is 10.8. The molecule has 0 aromatic carbocycles. The largest absolute Gasteiger partial charge is 0.388 e. The Morgan fingerprint density at radius 2 is 0.861 bits per heavy atom. The molecule has 3 aliphatic rings. The minimum atomic E-state index is -1.21. The Balaban J connectivity index is 1.89. The van der Waals surface area contributed by atoms with E-state index in [9.17, 15) is 15.3 Å². The molecule has 212 valence electrons. The second kappa shape index (κ2) is 13.0. The molecule has 3 saturated heterocycles. The highest BCUT2D eigenvalue weighted by Gasteiger charge is 2.54. The van der Waals surface area contributed by atoms with Crippen LogP contribution in [0.15, 0.2) is 0 Å². The van der Waals surface area contributed by atoms with Crippen molar-refractivity contribution in [2.24, 2.45) is 0 Å². The van der Waals surface area contributed by atoms with Crippen LogP contribution in [-0.2, 0) is 47.4 Å². The molecule has 0 spiro atoms. The fraction of sp³-hybridized carbons (Fsp3) is 1.00. The van der Waals surface area contributed by atoms with Gasteiger partial charge in [-0.25, -0.2) is 0 Å². The molecular weight excluding hydrogens is 484 g/mol. The van der Waals surface area contributed by atoms with E-state index in [4.69, 9.17) is 47.4 Å². The summed E-state index contributed by atoms with van der Waals surface area (Å²) < 4.78 is 57.8. The molecule has 0 bridgehead atoms. The van der Waals surface area contributed by atoms with Crippen LogP contribution in [0.25, 0.3) is 0 Å². The van der Waals surface area contributed by atoms with Crippen molar-refractivity contribution in [3.05, 3.63) is 0 Å². The molecule has 0 unspecified atom stereocenters. The van der Waals surface area contributed by atoms with Gasteiger partial charge >= 0.3 is 0 Å². The number of aliphatic hydroxyl groups is 3. The lowest BCUT2D eigenvalue weighted by Gasteiger charge is -2.49. The first-order valence-corrected chi connectivity index (χ1v) is 12.1. The standard InChI is InChI=1S/C23H42O13/c1-9-12(24)15(27-4)19(31-8)22(33-9)36-20-16(28-5)13(25)10(2)34-23(20)35-14-11(3)32-21(26)18(30-7)17(14)29-6/h9-26H,1-8H3/t9-,10-,11-,12-,13-,14-,15+,16+,17+,18+,19+,20+,21+,22-,23-/m0/s1. The van der Waals surface area contributed by atoms with Crippen LogP contribution in [-0.4, -0.2) is 143 Å². The first-order valence-electron chi connectivity index (χ1n) is 12.1. The van der Waals surface area contributed by atoms with Crippen LogP contribution in [0.4, 0.5) is 0 Å². The van der Waals surface area contributed by atoms with Gasteiger partial charge in [-0.1, -0.05) is 0 Å². The topological polar surface area (TPSA) is 153 Å². The highest BCUT2D eigenvalue weighted by atomic mass is 16.8. The first kappa shape index (κ1) is 30.0. The van der Waals surface area contributed by atoms with Gasteiger partial charge in [0.05, 0.1) is 18.3 Å². The van der Waals surface area contributed by atoms with E-state index in [1.54, 1.807) is 20.8 Å². The van der Waals surface area contributed by atoms with Crippen molar-refractivity contribution >= 4 is 0 Å². The van der Waals surface area contributed by atoms with Crippen molar-refractivity contribution in [2.45, 2.75) is 113 Å². The Kier molecular flexibility index (Phi) is 10.9. The third-order valence-corrected chi connectivity index (χ3v) is 7.21. The molecule has 3 aliphatic heterocycles. The Morgan fingerprint density at radius 1 is 0.444 bits per heavy atom. The van der Waals surface area contributed by atoms with Crippen LogP contribution in [0.1, 0.15) is 20.8 Å². The highest BCUT2D eigenvalue weighted by Crippen LogP contribution is 2.35. The highest BCUT2D eigenvalue weighted by molar-refractivity contribution is 4.96. The Bertz CT molecular complexity index is 670. The lowest BCUT2D eigenvalue weighted by atomic mass is 9.96. The van der Waals surface area contributed by atoms with Gasteiger partial charge < -0.3 is 62.7 Å². The Hall–Kier alpha value is -0.520. The zero-order valence-corrected chi connectivity index (χ0v) is 22.1. The number of hydrogen-bond acceptors (Lipinski definition) is 13. The summed E-state index contributed by atoms with van der Waals surface area (Å²) in [5.74, 6) is 0. The molecular formula is C23H42O13.